The zero-order chi connectivity index (χ0) is 25.1. The van der Waals surface area contributed by atoms with Crippen molar-refractivity contribution in [2.45, 2.75) is 89.1 Å². The number of hydrogen-bond acceptors (Lipinski definition) is 0. The zero-order valence-corrected chi connectivity index (χ0v) is 20.9. The van der Waals surface area contributed by atoms with Crippen molar-refractivity contribution in [3.05, 3.63) is 60.7 Å². The maximum atomic E-state index is 16.3. The Morgan fingerprint density at radius 2 is 1.18 bits per heavy atom. The van der Waals surface area contributed by atoms with Crippen LogP contribution in [0.4, 0.5) is 26.3 Å². The monoisotopic (exact) mass is 506 g/mol. The zero-order valence-electron chi connectivity index (χ0n) is 19.9. The molecule has 0 amide bonds. The van der Waals surface area contributed by atoms with Crippen LogP contribution in [0.2, 0.25) is 0 Å². The van der Waals surface area contributed by atoms with Crippen LogP contribution in [-0.4, -0.2) is 24.2 Å². The Morgan fingerprint density at radius 3 is 1.68 bits per heavy atom. The number of rotatable bonds is 15. The molecule has 0 aliphatic heterocycles. The molecule has 1 unspecified atom stereocenters. The molecule has 2 aromatic rings. The molecule has 0 bridgehead atoms. The second kappa shape index (κ2) is 13.5. The van der Waals surface area contributed by atoms with Gasteiger partial charge in [0.15, 0.2) is 0 Å². The molecular weight excluding hydrogens is 469 g/mol. The Hall–Kier alpha value is -1.55. The van der Waals surface area contributed by atoms with E-state index in [4.69, 9.17) is 0 Å². The third-order valence-electron chi connectivity index (χ3n) is 6.57. The Morgan fingerprint density at radius 1 is 0.676 bits per heavy atom. The van der Waals surface area contributed by atoms with E-state index in [1.807, 2.05) is 0 Å². The third-order valence-corrected chi connectivity index (χ3v) is 11.8. The molecule has 0 saturated heterocycles. The van der Waals surface area contributed by atoms with E-state index in [2.05, 4.69) is 6.92 Å². The normalized spacial score (nSPS) is 14.2. The van der Waals surface area contributed by atoms with E-state index in [1.54, 1.807) is 60.7 Å². The van der Waals surface area contributed by atoms with Crippen LogP contribution in [0.1, 0.15) is 71.1 Å². The number of halogens is 6. The van der Waals surface area contributed by atoms with Gasteiger partial charge in [-0.3, -0.25) is 0 Å². The van der Waals surface area contributed by atoms with E-state index in [0.717, 1.165) is 19.3 Å². The van der Waals surface area contributed by atoms with Crippen molar-refractivity contribution >= 4 is 17.9 Å². The van der Waals surface area contributed by atoms with E-state index >= 15 is 13.2 Å². The van der Waals surface area contributed by atoms with E-state index < -0.39 is 31.7 Å². The number of benzene rings is 2. The minimum absolute atomic E-state index is 0.0546. The molecule has 0 fully saturated rings. The summed E-state index contributed by atoms with van der Waals surface area (Å²) in [6.07, 6.45) is -3.54. The van der Waals surface area contributed by atoms with Crippen molar-refractivity contribution in [2.75, 3.05) is 6.16 Å². The molecule has 0 nitrogen and oxygen atoms in total. The summed E-state index contributed by atoms with van der Waals surface area (Å²) in [6, 6.07) is 17.3. The summed E-state index contributed by atoms with van der Waals surface area (Å²) in [7, 11) is -3.85. The molecule has 0 radical (unpaired) electrons. The fourth-order valence-electron chi connectivity index (χ4n) is 4.72. The van der Waals surface area contributed by atoms with Crippen LogP contribution in [0.5, 0.6) is 0 Å². The van der Waals surface area contributed by atoms with Gasteiger partial charge in [0.05, 0.1) is 0 Å². The van der Waals surface area contributed by atoms with Crippen molar-refractivity contribution in [1.82, 2.24) is 0 Å². The molecule has 2 aromatic carbocycles. The molecule has 34 heavy (non-hydrogen) atoms. The Labute approximate surface area is 200 Å². The Bertz CT molecular complexity index is 767. The fourth-order valence-corrected chi connectivity index (χ4v) is 9.72. The SMILES string of the molecule is CCCCCC[PH](c1ccccc1)(c1ccccc1)C(F)(F)C(F)CCCCCCC(F)(F)F. The third kappa shape index (κ3) is 7.73. The van der Waals surface area contributed by atoms with E-state index in [1.165, 1.54) is 0 Å². The van der Waals surface area contributed by atoms with Crippen LogP contribution >= 0.6 is 7.26 Å². The molecule has 1 atom stereocenters. The Balaban J connectivity index is 2.28. The van der Waals surface area contributed by atoms with Crippen LogP contribution in [0.3, 0.4) is 0 Å². The van der Waals surface area contributed by atoms with Gasteiger partial charge >= 0.3 is 200 Å². The molecule has 0 saturated carbocycles. The summed E-state index contributed by atoms with van der Waals surface area (Å²) >= 11 is 0. The standard InChI is InChI=1S/C27H37F6P/c1-2-3-4-15-22-34(23-16-9-7-10-17-23,24-18-11-8-12-19-24)27(32,33)25(28)20-13-5-6-14-21-26(29,30)31/h7-12,16-19,25,34H,2-6,13-15,20-22H2,1H3. The first kappa shape index (κ1) is 28.7. The first-order valence-electron chi connectivity index (χ1n) is 12.3. The molecule has 0 N–H and O–H groups in total. The van der Waals surface area contributed by atoms with Crippen molar-refractivity contribution in [1.29, 1.82) is 0 Å². The second-order valence-electron chi connectivity index (χ2n) is 9.11. The van der Waals surface area contributed by atoms with Crippen LogP contribution in [0, 0.1) is 0 Å². The summed E-state index contributed by atoms with van der Waals surface area (Å²) in [6.45, 7) is 2.06. The van der Waals surface area contributed by atoms with Gasteiger partial charge in [-0.15, -0.1) is 0 Å². The second-order valence-corrected chi connectivity index (χ2v) is 13.2. The first-order valence-corrected chi connectivity index (χ1v) is 14.6. The molecule has 0 heterocycles. The van der Waals surface area contributed by atoms with E-state index in [-0.39, 0.29) is 31.8 Å². The van der Waals surface area contributed by atoms with Gasteiger partial charge in [-0.1, -0.05) is 0 Å². The van der Waals surface area contributed by atoms with Gasteiger partial charge in [-0.2, -0.15) is 0 Å². The van der Waals surface area contributed by atoms with Crippen molar-refractivity contribution < 1.29 is 26.3 Å². The summed E-state index contributed by atoms with van der Waals surface area (Å²) < 4.78 is 84.9. The molecule has 192 valence electrons. The summed E-state index contributed by atoms with van der Waals surface area (Å²) in [5.41, 5.74) is -3.55. The predicted octanol–water partition coefficient (Wildman–Crippen LogP) is 8.80. The number of unbranched alkanes of at least 4 members (excludes halogenated alkanes) is 6. The molecule has 7 heteroatoms. The summed E-state index contributed by atoms with van der Waals surface area (Å²) in [5, 5.41) is 1.05. The number of hydrogen-bond donors (Lipinski definition) is 0. The van der Waals surface area contributed by atoms with Crippen molar-refractivity contribution in [2.24, 2.45) is 0 Å². The molecule has 0 aromatic heterocycles. The molecule has 0 aliphatic rings. The van der Waals surface area contributed by atoms with E-state index in [9.17, 15) is 13.2 Å². The van der Waals surface area contributed by atoms with Crippen LogP contribution in [0.25, 0.3) is 0 Å². The maximum absolute atomic E-state index is 16.3. The minimum atomic E-state index is -4.22. The topological polar surface area (TPSA) is 0 Å². The van der Waals surface area contributed by atoms with Crippen LogP contribution < -0.4 is 10.6 Å². The quantitative estimate of drug-likeness (QED) is 0.129. The van der Waals surface area contributed by atoms with E-state index in [0.29, 0.717) is 23.5 Å². The van der Waals surface area contributed by atoms with Gasteiger partial charge in [0, 0.05) is 0 Å². The van der Waals surface area contributed by atoms with Gasteiger partial charge in [-0.25, -0.2) is 0 Å². The van der Waals surface area contributed by atoms with Gasteiger partial charge in [-0.05, 0) is 0 Å². The van der Waals surface area contributed by atoms with Crippen LogP contribution in [-0.2, 0) is 0 Å². The van der Waals surface area contributed by atoms with Gasteiger partial charge in [0.1, 0.15) is 0 Å². The van der Waals surface area contributed by atoms with Crippen molar-refractivity contribution in [3.8, 4) is 0 Å². The molecule has 0 aliphatic carbocycles. The van der Waals surface area contributed by atoms with Crippen LogP contribution in [0.15, 0.2) is 60.7 Å². The average Bonchev–Trinajstić information content (AvgIpc) is 2.81. The predicted molar refractivity (Wildman–Crippen MR) is 133 cm³/mol. The molecule has 2 rings (SSSR count). The van der Waals surface area contributed by atoms with Gasteiger partial charge in [0.25, 0.3) is 0 Å². The van der Waals surface area contributed by atoms with Gasteiger partial charge < -0.3 is 0 Å². The fraction of sp³-hybridized carbons (Fsp3) is 0.556. The average molecular weight is 507 g/mol. The number of alkyl halides is 6. The van der Waals surface area contributed by atoms with Gasteiger partial charge in [0.2, 0.25) is 0 Å². The molecular formula is C27H37F6P. The first-order chi connectivity index (χ1) is 16.1. The van der Waals surface area contributed by atoms with Crippen molar-refractivity contribution in [3.63, 3.8) is 0 Å². The summed E-state index contributed by atoms with van der Waals surface area (Å²) in [4.78, 5) is 0. The molecule has 0 spiro atoms. The summed E-state index contributed by atoms with van der Waals surface area (Å²) in [5.74, 6) is 0. The Kier molecular flexibility index (Phi) is 11.4.